The standard InChI is InChI=1S/C8H7BrN2O/c1-12-8-6(2-3-10)4-11-5-7(8)9/h4-5H,2H2,1H3. The summed E-state index contributed by atoms with van der Waals surface area (Å²) in [6, 6.07) is 2.05. The molecule has 0 bridgehead atoms. The van der Waals surface area contributed by atoms with Gasteiger partial charge in [0.15, 0.2) is 0 Å². The summed E-state index contributed by atoms with van der Waals surface area (Å²) in [5.41, 5.74) is 0.800. The van der Waals surface area contributed by atoms with Crippen molar-refractivity contribution in [1.29, 1.82) is 5.26 Å². The van der Waals surface area contributed by atoms with E-state index in [9.17, 15) is 0 Å². The van der Waals surface area contributed by atoms with Crippen molar-refractivity contribution in [2.45, 2.75) is 6.42 Å². The zero-order valence-electron chi connectivity index (χ0n) is 6.54. The fourth-order valence-electron chi connectivity index (χ4n) is 0.903. The van der Waals surface area contributed by atoms with Crippen LogP contribution in [0.2, 0.25) is 0 Å². The molecule has 0 saturated carbocycles. The van der Waals surface area contributed by atoms with Gasteiger partial charge in [-0.05, 0) is 15.9 Å². The molecule has 1 rings (SSSR count). The van der Waals surface area contributed by atoms with E-state index in [-0.39, 0.29) is 0 Å². The second kappa shape index (κ2) is 4.07. The first-order valence-corrected chi connectivity index (χ1v) is 4.12. The van der Waals surface area contributed by atoms with Crippen LogP contribution in [-0.4, -0.2) is 12.1 Å². The molecule has 0 atom stereocenters. The third-order valence-corrected chi connectivity index (χ3v) is 1.97. The van der Waals surface area contributed by atoms with Gasteiger partial charge in [0.25, 0.3) is 0 Å². The van der Waals surface area contributed by atoms with E-state index in [0.717, 1.165) is 10.0 Å². The third-order valence-electron chi connectivity index (χ3n) is 1.40. The van der Waals surface area contributed by atoms with E-state index in [1.54, 1.807) is 19.5 Å². The first kappa shape index (κ1) is 9.01. The van der Waals surface area contributed by atoms with Gasteiger partial charge in [0, 0.05) is 18.0 Å². The van der Waals surface area contributed by atoms with E-state index >= 15 is 0 Å². The number of rotatable bonds is 2. The number of hydrogen-bond donors (Lipinski definition) is 0. The van der Waals surface area contributed by atoms with Crippen LogP contribution in [0, 0.1) is 11.3 Å². The van der Waals surface area contributed by atoms with E-state index in [2.05, 4.69) is 20.9 Å². The molecule has 12 heavy (non-hydrogen) atoms. The normalized spacial score (nSPS) is 9.08. The Morgan fingerprint density at radius 2 is 2.42 bits per heavy atom. The summed E-state index contributed by atoms with van der Waals surface area (Å²) >= 11 is 3.28. The predicted octanol–water partition coefficient (Wildman–Crippen LogP) is 1.92. The lowest BCUT2D eigenvalue weighted by Crippen LogP contribution is -1.93. The summed E-state index contributed by atoms with van der Waals surface area (Å²) in [7, 11) is 1.57. The molecule has 3 nitrogen and oxygen atoms in total. The average Bonchev–Trinajstić information content (AvgIpc) is 2.05. The van der Waals surface area contributed by atoms with Gasteiger partial charge in [0.2, 0.25) is 0 Å². The van der Waals surface area contributed by atoms with Crippen LogP contribution in [0.3, 0.4) is 0 Å². The molecule has 1 aromatic rings. The molecule has 0 spiro atoms. The SMILES string of the molecule is COc1c(Br)cncc1CC#N. The van der Waals surface area contributed by atoms with Crippen molar-refractivity contribution in [2.75, 3.05) is 7.11 Å². The molecule has 0 radical (unpaired) electrons. The van der Waals surface area contributed by atoms with Gasteiger partial charge in [0.05, 0.1) is 24.1 Å². The molecule has 0 fully saturated rings. The van der Waals surface area contributed by atoms with Gasteiger partial charge < -0.3 is 4.74 Å². The summed E-state index contributed by atoms with van der Waals surface area (Å²) < 4.78 is 5.87. The summed E-state index contributed by atoms with van der Waals surface area (Å²) in [5, 5.41) is 8.48. The van der Waals surface area contributed by atoms with Crippen molar-refractivity contribution >= 4 is 15.9 Å². The van der Waals surface area contributed by atoms with Gasteiger partial charge in [0.1, 0.15) is 5.75 Å². The minimum atomic E-state index is 0.315. The molecule has 0 aliphatic heterocycles. The summed E-state index contributed by atoms with van der Waals surface area (Å²) in [5.74, 6) is 0.687. The lowest BCUT2D eigenvalue weighted by Gasteiger charge is -2.05. The number of nitrogens with zero attached hydrogens (tertiary/aromatic N) is 2. The number of ether oxygens (including phenoxy) is 1. The molecule has 0 saturated heterocycles. The Bertz CT molecular complexity index is 319. The Morgan fingerprint density at radius 3 is 3.00 bits per heavy atom. The number of nitriles is 1. The van der Waals surface area contributed by atoms with Gasteiger partial charge in [-0.15, -0.1) is 0 Å². The molecular weight excluding hydrogens is 220 g/mol. The number of hydrogen-bond acceptors (Lipinski definition) is 3. The maximum absolute atomic E-state index is 8.48. The Balaban J connectivity index is 3.11. The van der Waals surface area contributed by atoms with E-state index < -0.39 is 0 Å². The Hall–Kier alpha value is -1.08. The highest BCUT2D eigenvalue weighted by atomic mass is 79.9. The Kier molecular flexibility index (Phi) is 3.06. The smallest absolute Gasteiger partial charge is 0.140 e. The van der Waals surface area contributed by atoms with Crippen molar-refractivity contribution < 1.29 is 4.74 Å². The van der Waals surface area contributed by atoms with Gasteiger partial charge in [-0.1, -0.05) is 0 Å². The van der Waals surface area contributed by atoms with Crippen molar-refractivity contribution in [3.05, 3.63) is 22.4 Å². The summed E-state index contributed by atoms with van der Waals surface area (Å²) in [4.78, 5) is 3.93. The zero-order valence-corrected chi connectivity index (χ0v) is 8.13. The number of pyridine rings is 1. The second-order valence-corrected chi connectivity index (χ2v) is 3.00. The number of aromatic nitrogens is 1. The maximum Gasteiger partial charge on any atom is 0.140 e. The largest absolute Gasteiger partial charge is 0.495 e. The number of methoxy groups -OCH3 is 1. The van der Waals surface area contributed by atoms with Crippen molar-refractivity contribution in [1.82, 2.24) is 4.98 Å². The lowest BCUT2D eigenvalue weighted by molar-refractivity contribution is 0.407. The van der Waals surface area contributed by atoms with Crippen LogP contribution in [-0.2, 0) is 6.42 Å². The molecule has 0 N–H and O–H groups in total. The Morgan fingerprint density at radius 1 is 1.67 bits per heavy atom. The minimum absolute atomic E-state index is 0.315. The predicted molar refractivity (Wildman–Crippen MR) is 47.8 cm³/mol. The topological polar surface area (TPSA) is 45.9 Å². The monoisotopic (exact) mass is 226 g/mol. The average molecular weight is 227 g/mol. The molecule has 62 valence electrons. The fourth-order valence-corrected chi connectivity index (χ4v) is 1.44. The van der Waals surface area contributed by atoms with E-state index in [1.807, 2.05) is 6.07 Å². The molecule has 1 aromatic heterocycles. The van der Waals surface area contributed by atoms with Gasteiger partial charge in [-0.3, -0.25) is 4.98 Å². The van der Waals surface area contributed by atoms with E-state index in [4.69, 9.17) is 10.00 Å². The van der Waals surface area contributed by atoms with Crippen molar-refractivity contribution in [3.8, 4) is 11.8 Å². The van der Waals surface area contributed by atoms with Crippen molar-refractivity contribution in [2.24, 2.45) is 0 Å². The lowest BCUT2D eigenvalue weighted by atomic mass is 10.2. The van der Waals surface area contributed by atoms with Gasteiger partial charge in [-0.2, -0.15) is 5.26 Å². The van der Waals surface area contributed by atoms with Crippen LogP contribution >= 0.6 is 15.9 Å². The Labute approximate surface area is 79.1 Å². The summed E-state index contributed by atoms with van der Waals surface area (Å²) in [6.07, 6.45) is 3.59. The van der Waals surface area contributed by atoms with Crippen LogP contribution in [0.5, 0.6) is 5.75 Å². The van der Waals surface area contributed by atoms with E-state index in [1.165, 1.54) is 0 Å². The maximum atomic E-state index is 8.48. The van der Waals surface area contributed by atoms with Crippen molar-refractivity contribution in [3.63, 3.8) is 0 Å². The highest BCUT2D eigenvalue weighted by Gasteiger charge is 2.06. The second-order valence-electron chi connectivity index (χ2n) is 2.15. The number of halogens is 1. The molecule has 0 amide bonds. The first-order valence-electron chi connectivity index (χ1n) is 3.33. The van der Waals surface area contributed by atoms with Crippen LogP contribution in [0.1, 0.15) is 5.56 Å². The molecule has 4 heteroatoms. The molecule has 1 heterocycles. The minimum Gasteiger partial charge on any atom is -0.495 e. The highest BCUT2D eigenvalue weighted by molar-refractivity contribution is 9.10. The van der Waals surface area contributed by atoms with Crippen LogP contribution in [0.15, 0.2) is 16.9 Å². The highest BCUT2D eigenvalue weighted by Crippen LogP contribution is 2.27. The van der Waals surface area contributed by atoms with Crippen LogP contribution in [0.4, 0.5) is 0 Å². The van der Waals surface area contributed by atoms with Gasteiger partial charge in [-0.25, -0.2) is 0 Å². The van der Waals surface area contributed by atoms with Gasteiger partial charge >= 0.3 is 0 Å². The van der Waals surface area contributed by atoms with Crippen LogP contribution in [0.25, 0.3) is 0 Å². The zero-order chi connectivity index (χ0) is 8.97. The molecule has 0 aromatic carbocycles. The molecule has 0 aliphatic carbocycles. The summed E-state index contributed by atoms with van der Waals surface area (Å²) in [6.45, 7) is 0. The quantitative estimate of drug-likeness (QED) is 0.775. The first-order chi connectivity index (χ1) is 5.79. The third kappa shape index (κ3) is 1.74. The molecule has 0 unspecified atom stereocenters. The molecular formula is C8H7BrN2O. The van der Waals surface area contributed by atoms with Crippen LogP contribution < -0.4 is 4.74 Å². The molecule has 0 aliphatic rings. The fraction of sp³-hybridized carbons (Fsp3) is 0.250. The van der Waals surface area contributed by atoms with E-state index in [0.29, 0.717) is 12.2 Å².